The second-order valence-corrected chi connectivity index (χ2v) is 14.5. The molecule has 2 fully saturated rings. The molecule has 5 heterocycles. The number of pyridine rings is 2. The summed E-state index contributed by atoms with van der Waals surface area (Å²) in [5.74, 6) is 0.640. The first-order chi connectivity index (χ1) is 25.2. The van der Waals surface area contributed by atoms with E-state index in [9.17, 15) is 4.79 Å². The number of nitrogens with one attached hydrogen (secondary N) is 2. The highest BCUT2D eigenvalue weighted by Crippen LogP contribution is 2.47. The predicted molar refractivity (Wildman–Crippen MR) is 205 cm³/mol. The number of benzene rings is 3. The smallest absolute Gasteiger partial charge is 0.254 e. The van der Waals surface area contributed by atoms with Crippen molar-refractivity contribution in [3.8, 4) is 17.2 Å². The Labute approximate surface area is 306 Å². The Bertz CT molecular complexity index is 2010. The Morgan fingerprint density at radius 3 is 2.29 bits per heavy atom. The van der Waals surface area contributed by atoms with E-state index in [0.717, 1.165) is 54.6 Å². The Kier molecular flexibility index (Phi) is 10.9. The summed E-state index contributed by atoms with van der Waals surface area (Å²) < 4.78 is 17.3. The van der Waals surface area contributed by atoms with Crippen molar-refractivity contribution < 1.29 is 19.0 Å². The zero-order valence-electron chi connectivity index (χ0n) is 30.7. The maximum absolute atomic E-state index is 13.7. The van der Waals surface area contributed by atoms with E-state index in [0.29, 0.717) is 41.9 Å². The highest BCUT2D eigenvalue weighted by molar-refractivity contribution is 5.96. The molecule has 0 radical (unpaired) electrons. The van der Waals surface area contributed by atoms with Crippen molar-refractivity contribution in [1.82, 2.24) is 30.4 Å². The van der Waals surface area contributed by atoms with Crippen molar-refractivity contribution >= 4 is 27.5 Å². The van der Waals surface area contributed by atoms with E-state index < -0.39 is 5.79 Å². The molecule has 2 saturated heterocycles. The number of aromatic nitrogens is 2. The molecule has 0 bridgehead atoms. The molecule has 0 saturated carbocycles. The highest BCUT2D eigenvalue weighted by Gasteiger charge is 2.36. The number of nitrogens with zero attached hydrogens (tertiary/aromatic N) is 4. The molecule has 2 N–H and O–H groups in total. The number of hydrogen-bond donors (Lipinski definition) is 2. The van der Waals surface area contributed by atoms with Gasteiger partial charge in [-0.05, 0) is 80.9 Å². The zero-order valence-corrected chi connectivity index (χ0v) is 30.7. The Morgan fingerprint density at radius 1 is 0.942 bits per heavy atom. The van der Waals surface area contributed by atoms with E-state index in [4.69, 9.17) is 14.2 Å². The topological polar surface area (TPSA) is 101 Å². The van der Waals surface area contributed by atoms with Gasteiger partial charge in [0, 0.05) is 74.3 Å². The lowest BCUT2D eigenvalue weighted by molar-refractivity contribution is -0.0439. The number of carbonyl (C=O) groups is 1. The summed E-state index contributed by atoms with van der Waals surface area (Å²) in [7, 11) is 3.78. The van der Waals surface area contributed by atoms with Gasteiger partial charge in [0.25, 0.3) is 5.91 Å². The average Bonchev–Trinajstić information content (AvgIpc) is 3.90. The van der Waals surface area contributed by atoms with Gasteiger partial charge in [-0.1, -0.05) is 48.5 Å². The van der Waals surface area contributed by atoms with E-state index >= 15 is 0 Å². The third kappa shape index (κ3) is 8.47. The average molecular weight is 703 g/mol. The van der Waals surface area contributed by atoms with Crippen LogP contribution in [0.5, 0.6) is 17.2 Å². The third-order valence-corrected chi connectivity index (χ3v) is 10.2. The molecule has 3 aromatic carbocycles. The Balaban J connectivity index is 0.000000187. The molecule has 0 aliphatic carbocycles. The molecule has 0 spiro atoms. The minimum Gasteiger partial charge on any atom is -0.493 e. The van der Waals surface area contributed by atoms with E-state index in [1.165, 1.54) is 30.2 Å². The lowest BCUT2D eigenvalue weighted by Gasteiger charge is -2.26. The number of amides is 1. The van der Waals surface area contributed by atoms with Gasteiger partial charge in [0.05, 0.1) is 25.0 Å². The number of fused-ring (bicyclic) bond motifs is 3. The van der Waals surface area contributed by atoms with Gasteiger partial charge in [0.2, 0.25) is 11.5 Å². The number of ether oxygens (including phenoxy) is 3. The molecule has 3 aliphatic rings. The molecule has 10 heteroatoms. The fourth-order valence-corrected chi connectivity index (χ4v) is 7.38. The van der Waals surface area contributed by atoms with Crippen molar-refractivity contribution in [3.05, 3.63) is 102 Å². The fraction of sp³-hybridized carbons (Fsp3) is 0.405. The number of carbonyl (C=O) groups excluding carboxylic acids is 1. The van der Waals surface area contributed by atoms with Gasteiger partial charge >= 0.3 is 0 Å². The number of likely N-dealkylation sites (tertiary alicyclic amines) is 1. The summed E-state index contributed by atoms with van der Waals surface area (Å²) in [4.78, 5) is 27.2. The van der Waals surface area contributed by atoms with Crippen molar-refractivity contribution in [2.75, 3.05) is 40.3 Å². The monoisotopic (exact) mass is 702 g/mol. The maximum Gasteiger partial charge on any atom is 0.254 e. The lowest BCUT2D eigenvalue weighted by Crippen LogP contribution is -2.40. The van der Waals surface area contributed by atoms with Crippen LogP contribution >= 0.6 is 0 Å². The van der Waals surface area contributed by atoms with Gasteiger partial charge in [0.15, 0.2) is 11.5 Å². The number of methoxy groups -OCH3 is 1. The van der Waals surface area contributed by atoms with Crippen LogP contribution in [0.15, 0.2) is 85.2 Å². The second kappa shape index (κ2) is 15.9. The second-order valence-electron chi connectivity index (χ2n) is 14.5. The van der Waals surface area contributed by atoms with Gasteiger partial charge in [-0.25, -0.2) is 0 Å². The molecule has 272 valence electrons. The summed E-state index contributed by atoms with van der Waals surface area (Å²) in [6, 6.07) is 25.2. The molecular formula is C42H50N6O4. The normalized spacial score (nSPS) is 19.1. The van der Waals surface area contributed by atoms with Crippen LogP contribution in [-0.4, -0.2) is 83.9 Å². The lowest BCUT2D eigenvalue weighted by atomic mass is 10.1. The Morgan fingerprint density at radius 2 is 1.63 bits per heavy atom. The number of rotatable bonds is 10. The number of likely N-dealkylation sites (N-methyl/N-ethyl adjacent to an activating group) is 1. The van der Waals surface area contributed by atoms with E-state index in [-0.39, 0.29) is 11.9 Å². The van der Waals surface area contributed by atoms with Gasteiger partial charge in [-0.15, -0.1) is 0 Å². The summed E-state index contributed by atoms with van der Waals surface area (Å²) in [6.07, 6.45) is 8.65. The minimum absolute atomic E-state index is 0.0898. The molecular weight excluding hydrogens is 653 g/mol. The first kappa shape index (κ1) is 35.6. The quantitative estimate of drug-likeness (QED) is 0.168. The Hall–Kier alpha value is -4.77. The summed E-state index contributed by atoms with van der Waals surface area (Å²) in [5.41, 5.74) is 2.49. The zero-order chi connectivity index (χ0) is 36.1. The maximum atomic E-state index is 13.7. The fourth-order valence-electron chi connectivity index (χ4n) is 7.38. The molecule has 3 aliphatic heterocycles. The molecule has 5 aromatic rings. The third-order valence-electron chi connectivity index (χ3n) is 10.2. The van der Waals surface area contributed by atoms with Crippen LogP contribution in [-0.2, 0) is 13.1 Å². The van der Waals surface area contributed by atoms with Crippen LogP contribution in [0.2, 0.25) is 0 Å². The van der Waals surface area contributed by atoms with Crippen LogP contribution in [0, 0.1) is 0 Å². The molecule has 52 heavy (non-hydrogen) atoms. The molecule has 0 unspecified atom stereocenters. The largest absolute Gasteiger partial charge is 0.493 e. The van der Waals surface area contributed by atoms with Gasteiger partial charge in [-0.3, -0.25) is 14.8 Å². The van der Waals surface area contributed by atoms with Crippen LogP contribution in [0.3, 0.4) is 0 Å². The number of hydrogen-bond acceptors (Lipinski definition) is 9. The van der Waals surface area contributed by atoms with E-state index in [1.807, 2.05) is 49.3 Å². The first-order valence-corrected chi connectivity index (χ1v) is 18.5. The van der Waals surface area contributed by atoms with Gasteiger partial charge in [0.1, 0.15) is 0 Å². The van der Waals surface area contributed by atoms with Gasteiger partial charge < -0.3 is 34.6 Å². The molecule has 8 rings (SSSR count). The standard InChI is InChI=1S/C26H29N3O4.C16H21N3/c1-26(2)32-23-13-19(12-22(31-3)24(23)33-26)25(30)29(15-20-9-6-10-27-20)16-21-11-17-7-4-5-8-18(17)14-28-21;1-19-8-4-7-16(19)12-17-11-15-9-13-5-2-3-6-14(13)10-18-15/h4-5,7-8,11-14,20,27H,6,9-10,15-16H2,1-3H3;2-3,5-6,9-10,16-17H,4,7-8,11-12H2,1H3/t20-;16-/m00/s1. The summed E-state index contributed by atoms with van der Waals surface area (Å²) in [6.45, 7) is 8.82. The van der Waals surface area contributed by atoms with Gasteiger partial charge in [-0.2, -0.15) is 0 Å². The molecule has 2 aromatic heterocycles. The highest BCUT2D eigenvalue weighted by atomic mass is 16.7. The molecule has 1 amide bonds. The van der Waals surface area contributed by atoms with Crippen LogP contribution in [0.4, 0.5) is 0 Å². The SMILES string of the molecule is CN1CCC[C@H]1CNCc1cc2ccccc2cn1.COc1cc(C(=O)N(Cc2cc3ccccc3cn2)C[C@@H]2CCCN2)cc2c1OC(C)(C)O2. The predicted octanol–water partition coefficient (Wildman–Crippen LogP) is 6.56. The van der Waals surface area contributed by atoms with Crippen LogP contribution in [0.1, 0.15) is 61.3 Å². The summed E-state index contributed by atoms with van der Waals surface area (Å²) >= 11 is 0. The molecule has 2 atom stereocenters. The van der Waals surface area contributed by atoms with Crippen molar-refractivity contribution in [1.29, 1.82) is 0 Å². The van der Waals surface area contributed by atoms with E-state index in [1.54, 1.807) is 19.2 Å². The van der Waals surface area contributed by atoms with E-state index in [2.05, 4.69) is 75.0 Å². The van der Waals surface area contributed by atoms with Crippen molar-refractivity contribution in [3.63, 3.8) is 0 Å². The van der Waals surface area contributed by atoms with Crippen molar-refractivity contribution in [2.45, 2.75) is 70.5 Å². The van der Waals surface area contributed by atoms with Crippen LogP contribution < -0.4 is 24.8 Å². The first-order valence-electron chi connectivity index (χ1n) is 18.5. The summed E-state index contributed by atoms with van der Waals surface area (Å²) in [5, 5.41) is 11.7. The minimum atomic E-state index is -0.806. The molecule has 10 nitrogen and oxygen atoms in total. The van der Waals surface area contributed by atoms with Crippen LogP contribution in [0.25, 0.3) is 21.5 Å². The van der Waals surface area contributed by atoms with Crippen molar-refractivity contribution in [2.24, 2.45) is 0 Å².